The average molecular weight is 384 g/mol. The predicted molar refractivity (Wildman–Crippen MR) is 87.8 cm³/mol. The van der Waals surface area contributed by atoms with Crippen LogP contribution in [0, 0.1) is 5.41 Å². The van der Waals surface area contributed by atoms with Gasteiger partial charge < -0.3 is 50.3 Å². The van der Waals surface area contributed by atoms with E-state index >= 15 is 0 Å². The summed E-state index contributed by atoms with van der Waals surface area (Å²) >= 11 is 0. The topological polar surface area (TPSA) is 180 Å². The van der Waals surface area contributed by atoms with Crippen molar-refractivity contribution < 1.29 is 50.3 Å². The van der Waals surface area contributed by atoms with Gasteiger partial charge in [-0.05, 0) is 11.8 Å². The molecule has 0 amide bonds. The second-order valence-electron chi connectivity index (χ2n) is 7.91. The van der Waals surface area contributed by atoms with E-state index in [1.54, 1.807) is 0 Å². The summed E-state index contributed by atoms with van der Waals surface area (Å²) in [6.45, 7) is 4.30. The summed E-state index contributed by atoms with van der Waals surface area (Å²) in [6, 6.07) is 0. The van der Waals surface area contributed by atoms with Gasteiger partial charge in [-0.2, -0.15) is 0 Å². The van der Waals surface area contributed by atoms with E-state index < -0.39 is 68.3 Å². The molecule has 1 aliphatic heterocycles. The Balaban J connectivity index is 2.57. The average Bonchev–Trinajstić information content (AvgIpc) is 2.56. The normalized spacial score (nSPS) is 35.0. The first-order chi connectivity index (χ1) is 11.9. The van der Waals surface area contributed by atoms with Gasteiger partial charge >= 0.3 is 0 Å². The van der Waals surface area contributed by atoms with Gasteiger partial charge in [0, 0.05) is 0 Å². The summed E-state index contributed by atoms with van der Waals surface area (Å²) in [5.74, 6) is 0. The summed E-state index contributed by atoms with van der Waals surface area (Å²) in [5, 5.41) is 78.1. The minimum Gasteiger partial charge on any atom is -0.394 e. The fourth-order valence-electron chi connectivity index (χ4n) is 2.70. The number of aliphatic hydroxyl groups excluding tert-OH is 8. The van der Waals surface area contributed by atoms with Crippen LogP contribution >= 0.6 is 0 Å². The molecule has 1 fully saturated rings. The number of hydrogen-bond acceptors (Lipinski definition) is 10. The molecule has 0 bridgehead atoms. The molecule has 0 aromatic heterocycles. The molecule has 0 saturated carbocycles. The van der Waals surface area contributed by atoms with E-state index in [-0.39, 0.29) is 11.8 Å². The summed E-state index contributed by atoms with van der Waals surface area (Å²) in [4.78, 5) is 0. The molecule has 26 heavy (non-hydrogen) atoms. The minimum atomic E-state index is -1.72. The van der Waals surface area contributed by atoms with Crippen LogP contribution in [0.4, 0.5) is 0 Å². The number of aliphatic hydroxyl groups is 8. The third-order valence-corrected chi connectivity index (χ3v) is 4.24. The Kier molecular flexibility index (Phi) is 8.81. The van der Waals surface area contributed by atoms with Gasteiger partial charge in [0.2, 0.25) is 0 Å². The molecule has 0 spiro atoms. The van der Waals surface area contributed by atoms with Crippen molar-refractivity contribution in [3.8, 4) is 0 Å². The maximum absolute atomic E-state index is 9.97. The molecule has 10 heteroatoms. The third-order valence-electron chi connectivity index (χ3n) is 4.24. The zero-order chi connectivity index (χ0) is 20.2. The van der Waals surface area contributed by atoms with E-state index in [0.29, 0.717) is 0 Å². The summed E-state index contributed by atoms with van der Waals surface area (Å²) in [7, 11) is 0. The van der Waals surface area contributed by atoms with Gasteiger partial charge in [0.15, 0.2) is 6.29 Å². The maximum atomic E-state index is 9.97. The first-order valence-corrected chi connectivity index (χ1v) is 8.53. The molecule has 1 saturated heterocycles. The van der Waals surface area contributed by atoms with Gasteiger partial charge in [-0.3, -0.25) is 0 Å². The van der Waals surface area contributed by atoms with Crippen molar-refractivity contribution in [2.45, 2.75) is 82.3 Å². The lowest BCUT2D eigenvalue weighted by atomic mass is 9.86. The molecule has 1 rings (SSSR count). The van der Waals surface area contributed by atoms with Crippen LogP contribution in [-0.4, -0.2) is 109 Å². The lowest BCUT2D eigenvalue weighted by Gasteiger charge is -2.40. The number of hydrogen-bond donors (Lipinski definition) is 8. The first kappa shape index (κ1) is 23.6. The lowest BCUT2D eigenvalue weighted by Crippen LogP contribution is -2.59. The van der Waals surface area contributed by atoms with E-state index in [9.17, 15) is 35.7 Å². The van der Waals surface area contributed by atoms with Crippen LogP contribution in [0.1, 0.15) is 27.2 Å². The fraction of sp³-hybridized carbons (Fsp3) is 1.00. The van der Waals surface area contributed by atoms with E-state index in [1.165, 1.54) is 0 Å². The van der Waals surface area contributed by atoms with Crippen molar-refractivity contribution in [1.82, 2.24) is 0 Å². The highest BCUT2D eigenvalue weighted by Crippen LogP contribution is 2.24. The van der Waals surface area contributed by atoms with Gasteiger partial charge in [0.1, 0.15) is 42.7 Å². The SMILES string of the molecule is CC(C)(C)C[C@H](O)[C@@H](O)[C@H](O)[C@H](O)CO[C@H]1O[C@H](CO)[C@H](O)[C@H](O)[C@H]1O. The van der Waals surface area contributed by atoms with Crippen molar-refractivity contribution in [3.05, 3.63) is 0 Å². The Bertz CT molecular complexity index is 412. The minimum absolute atomic E-state index is 0.186. The molecule has 1 heterocycles. The Morgan fingerprint density at radius 3 is 1.92 bits per heavy atom. The number of ether oxygens (including phenoxy) is 2. The monoisotopic (exact) mass is 384 g/mol. The van der Waals surface area contributed by atoms with E-state index in [2.05, 4.69) is 0 Å². The van der Waals surface area contributed by atoms with Crippen molar-refractivity contribution in [1.29, 1.82) is 0 Å². The van der Waals surface area contributed by atoms with Crippen molar-refractivity contribution in [3.63, 3.8) is 0 Å². The van der Waals surface area contributed by atoms with Crippen LogP contribution in [0.25, 0.3) is 0 Å². The van der Waals surface area contributed by atoms with E-state index in [4.69, 9.17) is 14.6 Å². The van der Waals surface area contributed by atoms with Crippen molar-refractivity contribution >= 4 is 0 Å². The van der Waals surface area contributed by atoms with Gasteiger partial charge in [-0.1, -0.05) is 20.8 Å². The van der Waals surface area contributed by atoms with Crippen molar-refractivity contribution in [2.24, 2.45) is 5.41 Å². The molecule has 8 N–H and O–H groups in total. The van der Waals surface area contributed by atoms with Gasteiger partial charge in [-0.15, -0.1) is 0 Å². The lowest BCUT2D eigenvalue weighted by molar-refractivity contribution is -0.306. The summed E-state index contributed by atoms with van der Waals surface area (Å²) in [6.07, 6.45) is -13.5. The third kappa shape index (κ3) is 6.34. The zero-order valence-corrected chi connectivity index (χ0v) is 15.2. The molecular weight excluding hydrogens is 352 g/mol. The molecule has 1 aliphatic rings. The zero-order valence-electron chi connectivity index (χ0n) is 15.2. The van der Waals surface area contributed by atoms with Gasteiger partial charge in [-0.25, -0.2) is 0 Å². The van der Waals surface area contributed by atoms with E-state index in [1.807, 2.05) is 20.8 Å². The maximum Gasteiger partial charge on any atom is 0.186 e. The Morgan fingerprint density at radius 1 is 0.885 bits per heavy atom. The molecule has 0 aromatic rings. The quantitative estimate of drug-likeness (QED) is 0.211. The Morgan fingerprint density at radius 2 is 1.42 bits per heavy atom. The van der Waals surface area contributed by atoms with Crippen LogP contribution in [0.15, 0.2) is 0 Å². The molecule has 156 valence electrons. The molecule has 0 radical (unpaired) electrons. The highest BCUT2D eigenvalue weighted by molar-refractivity contribution is 4.89. The summed E-state index contributed by atoms with van der Waals surface area (Å²) < 4.78 is 10.2. The Hall–Kier alpha value is -0.400. The van der Waals surface area contributed by atoms with Crippen molar-refractivity contribution in [2.75, 3.05) is 13.2 Å². The molecule has 0 aromatic carbocycles. The molecular formula is C16H32O10. The first-order valence-electron chi connectivity index (χ1n) is 8.53. The largest absolute Gasteiger partial charge is 0.394 e. The van der Waals surface area contributed by atoms with Crippen LogP contribution in [0.5, 0.6) is 0 Å². The standard InChI is InChI=1S/C16H32O10/c1-16(2,3)4-7(18)10(20)11(21)8(19)6-25-15-14(24)13(23)12(22)9(5-17)26-15/h7-15,17-24H,4-6H2,1-3H3/t7-,8+,9+,10+,11+,12-,13-,14+,15-/m0/s1. The van der Waals surface area contributed by atoms with Gasteiger partial charge in [0.05, 0.1) is 19.3 Å². The van der Waals surface area contributed by atoms with Crippen LogP contribution in [-0.2, 0) is 9.47 Å². The van der Waals surface area contributed by atoms with Crippen LogP contribution < -0.4 is 0 Å². The number of rotatable bonds is 8. The van der Waals surface area contributed by atoms with Gasteiger partial charge in [0.25, 0.3) is 0 Å². The van der Waals surface area contributed by atoms with Crippen LogP contribution in [0.3, 0.4) is 0 Å². The van der Waals surface area contributed by atoms with Crippen LogP contribution in [0.2, 0.25) is 0 Å². The second-order valence-corrected chi connectivity index (χ2v) is 7.91. The molecule has 0 aliphatic carbocycles. The Labute approximate surface area is 152 Å². The predicted octanol–water partition coefficient (Wildman–Crippen LogP) is -3.32. The second kappa shape index (κ2) is 9.69. The highest BCUT2D eigenvalue weighted by Gasteiger charge is 2.44. The molecule has 0 unspecified atom stereocenters. The fourth-order valence-corrected chi connectivity index (χ4v) is 2.70. The summed E-state index contributed by atoms with van der Waals surface area (Å²) in [5.41, 5.74) is -0.308. The smallest absolute Gasteiger partial charge is 0.186 e. The molecule has 9 atom stereocenters. The van der Waals surface area contributed by atoms with E-state index in [0.717, 1.165) is 0 Å². The molecule has 10 nitrogen and oxygen atoms in total. The highest BCUT2D eigenvalue weighted by atomic mass is 16.7.